The Bertz CT molecular complexity index is 818. The molecule has 1 aliphatic heterocycles. The van der Waals surface area contributed by atoms with Crippen LogP contribution in [0.15, 0.2) is 30.5 Å². The van der Waals surface area contributed by atoms with E-state index < -0.39 is 6.09 Å². The number of amides is 1. The summed E-state index contributed by atoms with van der Waals surface area (Å²) in [5, 5.41) is 1.03. The zero-order valence-electron chi connectivity index (χ0n) is 15.4. The molecular formula is C21H25N3O2. The maximum absolute atomic E-state index is 11.9. The topological polar surface area (TPSA) is 45.7 Å². The molecule has 0 bridgehead atoms. The van der Waals surface area contributed by atoms with Crippen LogP contribution in [0.3, 0.4) is 0 Å². The molecule has 1 fully saturated rings. The van der Waals surface area contributed by atoms with Gasteiger partial charge >= 0.3 is 6.09 Å². The van der Waals surface area contributed by atoms with Gasteiger partial charge in [-0.3, -0.25) is 9.88 Å². The number of carbonyl (C=O) groups excluding carboxylic acids is 1. The Kier molecular flexibility index (Phi) is 5.75. The molecule has 0 saturated carbocycles. The van der Waals surface area contributed by atoms with Crippen molar-refractivity contribution in [2.45, 2.75) is 25.8 Å². The number of rotatable bonds is 4. The van der Waals surface area contributed by atoms with Crippen LogP contribution >= 0.6 is 0 Å². The number of fused-ring (bicyclic) bond motifs is 1. The molecule has 5 heteroatoms. The van der Waals surface area contributed by atoms with Crippen LogP contribution in [0.1, 0.15) is 24.8 Å². The van der Waals surface area contributed by atoms with Crippen LogP contribution in [0, 0.1) is 18.3 Å². The van der Waals surface area contributed by atoms with Crippen molar-refractivity contribution in [1.82, 2.24) is 14.8 Å². The third-order valence-electron chi connectivity index (χ3n) is 4.89. The maximum atomic E-state index is 11.9. The first kappa shape index (κ1) is 18.2. The first-order valence-electron chi connectivity index (χ1n) is 9.00. The van der Waals surface area contributed by atoms with Crippen molar-refractivity contribution < 1.29 is 9.53 Å². The molecule has 26 heavy (non-hydrogen) atoms. The van der Waals surface area contributed by atoms with Crippen molar-refractivity contribution >= 4 is 17.0 Å². The van der Waals surface area contributed by atoms with Crippen molar-refractivity contribution in [2.24, 2.45) is 5.92 Å². The molecule has 2 aromatic rings. The molecule has 5 nitrogen and oxygen atoms in total. The number of benzene rings is 1. The van der Waals surface area contributed by atoms with Crippen LogP contribution in [0.25, 0.3) is 10.9 Å². The van der Waals surface area contributed by atoms with Gasteiger partial charge in [-0.05, 0) is 49.5 Å². The monoisotopic (exact) mass is 351 g/mol. The van der Waals surface area contributed by atoms with Crippen LogP contribution in [-0.2, 0) is 6.54 Å². The lowest BCUT2D eigenvalue weighted by atomic mass is 9.93. The van der Waals surface area contributed by atoms with Gasteiger partial charge in [-0.25, -0.2) is 4.79 Å². The second-order valence-electron chi connectivity index (χ2n) is 7.01. The molecule has 0 radical (unpaired) electrons. The van der Waals surface area contributed by atoms with Gasteiger partial charge in [0.25, 0.3) is 0 Å². The number of terminal acetylenes is 1. The van der Waals surface area contributed by atoms with Gasteiger partial charge < -0.3 is 9.64 Å². The predicted molar refractivity (Wildman–Crippen MR) is 103 cm³/mol. The summed E-state index contributed by atoms with van der Waals surface area (Å²) in [4.78, 5) is 20.2. The zero-order chi connectivity index (χ0) is 18.5. The highest BCUT2D eigenvalue weighted by Gasteiger charge is 2.20. The van der Waals surface area contributed by atoms with E-state index in [4.69, 9.17) is 11.2 Å². The van der Waals surface area contributed by atoms with Gasteiger partial charge in [-0.2, -0.15) is 0 Å². The third kappa shape index (κ3) is 4.14. The third-order valence-corrected chi connectivity index (χ3v) is 4.89. The van der Waals surface area contributed by atoms with Crippen molar-refractivity contribution in [3.8, 4) is 18.1 Å². The number of ether oxygens (including phenoxy) is 1. The van der Waals surface area contributed by atoms with E-state index in [2.05, 4.69) is 15.8 Å². The summed E-state index contributed by atoms with van der Waals surface area (Å²) in [7, 11) is 3.33. The van der Waals surface area contributed by atoms with E-state index in [1.807, 2.05) is 24.3 Å². The van der Waals surface area contributed by atoms with Crippen molar-refractivity contribution in [3.05, 3.63) is 36.0 Å². The Morgan fingerprint density at radius 3 is 2.81 bits per heavy atom. The van der Waals surface area contributed by atoms with E-state index in [-0.39, 0.29) is 0 Å². The van der Waals surface area contributed by atoms with Gasteiger partial charge in [0.05, 0.1) is 0 Å². The molecule has 1 saturated heterocycles. The summed E-state index contributed by atoms with van der Waals surface area (Å²) in [6, 6.07) is 7.84. The Morgan fingerprint density at radius 1 is 1.35 bits per heavy atom. The average molecular weight is 351 g/mol. The summed E-state index contributed by atoms with van der Waals surface area (Å²) >= 11 is 0. The average Bonchev–Trinajstić information content (AvgIpc) is 2.65. The minimum atomic E-state index is -0.403. The molecule has 1 aromatic heterocycles. The van der Waals surface area contributed by atoms with Gasteiger partial charge in [-0.1, -0.05) is 12.1 Å². The molecule has 1 amide bonds. The van der Waals surface area contributed by atoms with Crippen molar-refractivity contribution in [3.63, 3.8) is 0 Å². The first-order chi connectivity index (χ1) is 12.6. The van der Waals surface area contributed by atoms with Gasteiger partial charge in [-0.15, -0.1) is 12.3 Å². The Morgan fingerprint density at radius 2 is 2.12 bits per heavy atom. The molecule has 0 spiro atoms. The van der Waals surface area contributed by atoms with Crippen LogP contribution in [0.4, 0.5) is 4.79 Å². The summed E-state index contributed by atoms with van der Waals surface area (Å²) in [6.45, 7) is 2.99. The summed E-state index contributed by atoms with van der Waals surface area (Å²) in [5.74, 6) is 3.94. The highest BCUT2D eigenvalue weighted by atomic mass is 16.6. The number of hydrogen-bond acceptors (Lipinski definition) is 4. The van der Waals surface area contributed by atoms with Gasteiger partial charge in [0.2, 0.25) is 0 Å². The maximum Gasteiger partial charge on any atom is 0.414 e. The minimum absolute atomic E-state index is 0.403. The fraction of sp³-hybridized carbons (Fsp3) is 0.429. The first-order valence-corrected chi connectivity index (χ1v) is 9.00. The van der Waals surface area contributed by atoms with E-state index in [9.17, 15) is 4.79 Å². The summed E-state index contributed by atoms with van der Waals surface area (Å²) < 4.78 is 5.47. The molecule has 1 aromatic carbocycles. The van der Waals surface area contributed by atoms with Crippen LogP contribution in [0.2, 0.25) is 0 Å². The zero-order valence-corrected chi connectivity index (χ0v) is 15.4. The number of likely N-dealkylation sites (tertiary alicyclic amines) is 1. The van der Waals surface area contributed by atoms with Crippen molar-refractivity contribution in [1.29, 1.82) is 0 Å². The van der Waals surface area contributed by atoms with Gasteiger partial charge in [0, 0.05) is 38.6 Å². The molecule has 136 valence electrons. The Labute approximate surface area is 155 Å². The standard InChI is InChI=1S/C21H25N3O2/c1-4-6-16-10-13-24(14-11-16)15-17-8-9-19(26-21(25)23(2)3)20-18(17)7-5-12-22-20/h1,5,7-9,12,16H,6,10-11,13-15H2,2-3H3. The Balaban J connectivity index is 1.78. The summed E-state index contributed by atoms with van der Waals surface area (Å²) in [5.41, 5.74) is 1.93. The van der Waals surface area contributed by atoms with E-state index in [0.717, 1.165) is 49.8 Å². The number of nitrogens with zero attached hydrogens (tertiary/aromatic N) is 3. The number of pyridine rings is 1. The van der Waals surface area contributed by atoms with E-state index in [1.54, 1.807) is 20.3 Å². The van der Waals surface area contributed by atoms with Gasteiger partial charge in [0.15, 0.2) is 5.75 Å². The number of hydrogen-bond donors (Lipinski definition) is 0. The summed E-state index contributed by atoms with van der Waals surface area (Å²) in [6.07, 6.45) is 9.95. The van der Waals surface area contributed by atoms with Gasteiger partial charge in [0.1, 0.15) is 5.52 Å². The van der Waals surface area contributed by atoms with Crippen LogP contribution in [0.5, 0.6) is 5.75 Å². The molecular weight excluding hydrogens is 326 g/mol. The smallest absolute Gasteiger partial charge is 0.408 e. The predicted octanol–water partition coefficient (Wildman–Crippen LogP) is 3.53. The lowest BCUT2D eigenvalue weighted by molar-refractivity contribution is 0.172. The van der Waals surface area contributed by atoms with E-state index in [1.165, 1.54) is 10.5 Å². The molecule has 1 aliphatic rings. The number of aromatic nitrogens is 1. The molecule has 0 aliphatic carbocycles. The Hall–Kier alpha value is -2.58. The highest BCUT2D eigenvalue weighted by molar-refractivity contribution is 5.89. The van der Waals surface area contributed by atoms with Crippen LogP contribution < -0.4 is 4.74 Å². The number of piperidine rings is 1. The lowest BCUT2D eigenvalue weighted by Crippen LogP contribution is -2.33. The molecule has 0 atom stereocenters. The largest absolute Gasteiger partial charge is 0.414 e. The number of carbonyl (C=O) groups is 1. The molecule has 0 unspecified atom stereocenters. The van der Waals surface area contributed by atoms with Crippen LogP contribution in [-0.4, -0.2) is 48.1 Å². The SMILES string of the molecule is C#CCC1CCN(Cc2ccc(OC(=O)N(C)C)c3ncccc23)CC1. The lowest BCUT2D eigenvalue weighted by Gasteiger charge is -2.31. The second-order valence-corrected chi connectivity index (χ2v) is 7.01. The van der Waals surface area contributed by atoms with E-state index >= 15 is 0 Å². The second kappa shape index (κ2) is 8.20. The van der Waals surface area contributed by atoms with E-state index in [0.29, 0.717) is 11.7 Å². The molecule has 3 rings (SSSR count). The minimum Gasteiger partial charge on any atom is -0.408 e. The quantitative estimate of drug-likeness (QED) is 0.791. The molecule has 0 N–H and O–H groups in total. The van der Waals surface area contributed by atoms with Crippen molar-refractivity contribution in [2.75, 3.05) is 27.2 Å². The normalized spacial score (nSPS) is 15.6. The fourth-order valence-electron chi connectivity index (χ4n) is 3.37. The fourth-order valence-corrected chi connectivity index (χ4v) is 3.37. The highest BCUT2D eigenvalue weighted by Crippen LogP contribution is 2.29. The molecule has 2 heterocycles.